The first kappa shape index (κ1) is 30.5. The SMILES string of the molecule is CCNC(=O)C(C)N(Cc1ccc(Cl)c(Cl)c1)C(=O)CN(c1ccc(C(C)C)cc1)S(=O)(=O)c1ccccc1. The number of rotatable bonds is 11. The third-order valence-corrected chi connectivity index (χ3v) is 8.84. The second-order valence-electron chi connectivity index (χ2n) is 9.41. The minimum Gasteiger partial charge on any atom is -0.355 e. The Balaban J connectivity index is 2.04. The van der Waals surface area contributed by atoms with Crippen LogP contribution in [0.3, 0.4) is 0 Å². The van der Waals surface area contributed by atoms with Crippen molar-refractivity contribution >= 4 is 50.7 Å². The number of anilines is 1. The number of amides is 2. The first-order valence-corrected chi connectivity index (χ1v) is 14.8. The molecule has 2 amide bonds. The van der Waals surface area contributed by atoms with Crippen LogP contribution in [0.2, 0.25) is 10.0 Å². The fourth-order valence-electron chi connectivity index (χ4n) is 4.01. The van der Waals surface area contributed by atoms with Gasteiger partial charge in [-0.05, 0) is 67.3 Å². The van der Waals surface area contributed by atoms with Crippen molar-refractivity contribution in [3.05, 3.63) is 94.0 Å². The molecule has 1 atom stereocenters. The quantitative estimate of drug-likeness (QED) is 0.303. The van der Waals surface area contributed by atoms with Crippen molar-refractivity contribution in [2.45, 2.75) is 51.1 Å². The molecule has 0 aliphatic rings. The second-order valence-corrected chi connectivity index (χ2v) is 12.1. The molecule has 10 heteroatoms. The Bertz CT molecular complexity index is 1400. The van der Waals surface area contributed by atoms with Crippen molar-refractivity contribution in [1.29, 1.82) is 0 Å². The molecule has 0 heterocycles. The summed E-state index contributed by atoms with van der Waals surface area (Å²) in [6.45, 7) is 7.37. The van der Waals surface area contributed by atoms with E-state index < -0.39 is 28.5 Å². The zero-order valence-corrected chi connectivity index (χ0v) is 24.7. The minimum absolute atomic E-state index is 0.0273. The standard InChI is InChI=1S/C29H33Cl2N3O4S/c1-5-32-29(36)21(4)33(18-22-11-16-26(30)27(31)17-22)28(35)19-34(24-14-12-23(13-15-24)20(2)3)39(37,38)25-9-7-6-8-10-25/h6-17,20-21H,5,18-19H2,1-4H3,(H,32,36). The molecule has 39 heavy (non-hydrogen) atoms. The van der Waals surface area contributed by atoms with E-state index in [1.165, 1.54) is 17.0 Å². The van der Waals surface area contributed by atoms with Crippen molar-refractivity contribution in [2.75, 3.05) is 17.4 Å². The molecule has 0 fully saturated rings. The summed E-state index contributed by atoms with van der Waals surface area (Å²) in [5.41, 5.74) is 2.03. The average Bonchev–Trinajstić information content (AvgIpc) is 2.92. The van der Waals surface area contributed by atoms with E-state index in [4.69, 9.17) is 23.2 Å². The molecule has 3 aromatic carbocycles. The van der Waals surface area contributed by atoms with E-state index in [2.05, 4.69) is 5.32 Å². The van der Waals surface area contributed by atoms with E-state index in [1.807, 2.05) is 26.0 Å². The third kappa shape index (κ3) is 7.53. The van der Waals surface area contributed by atoms with Gasteiger partial charge in [-0.2, -0.15) is 0 Å². The van der Waals surface area contributed by atoms with Crippen LogP contribution in [0.15, 0.2) is 77.7 Å². The molecule has 0 saturated carbocycles. The lowest BCUT2D eigenvalue weighted by Crippen LogP contribution is -2.51. The van der Waals surface area contributed by atoms with Crippen LogP contribution in [0, 0.1) is 0 Å². The van der Waals surface area contributed by atoms with Gasteiger partial charge in [0.1, 0.15) is 12.6 Å². The molecule has 0 aromatic heterocycles. The highest BCUT2D eigenvalue weighted by Crippen LogP contribution is 2.27. The van der Waals surface area contributed by atoms with Gasteiger partial charge in [0.25, 0.3) is 10.0 Å². The number of sulfonamides is 1. The van der Waals surface area contributed by atoms with Crippen molar-refractivity contribution in [3.63, 3.8) is 0 Å². The Kier molecular flexibility index (Phi) is 10.4. The van der Waals surface area contributed by atoms with Crippen LogP contribution >= 0.6 is 23.2 Å². The van der Waals surface area contributed by atoms with Crippen molar-refractivity contribution < 1.29 is 18.0 Å². The summed E-state index contributed by atoms with van der Waals surface area (Å²) < 4.78 is 28.7. The Morgan fingerprint density at radius 1 is 0.897 bits per heavy atom. The highest BCUT2D eigenvalue weighted by molar-refractivity contribution is 7.92. The summed E-state index contributed by atoms with van der Waals surface area (Å²) in [5.74, 6) is -0.656. The molecule has 1 N–H and O–H groups in total. The number of carbonyl (C=O) groups is 2. The number of hydrogen-bond acceptors (Lipinski definition) is 4. The van der Waals surface area contributed by atoms with Gasteiger partial charge in [-0.1, -0.05) is 73.4 Å². The summed E-state index contributed by atoms with van der Waals surface area (Å²) in [6, 6.07) is 19.1. The number of likely N-dealkylation sites (N-methyl/N-ethyl adjacent to an activating group) is 1. The van der Waals surface area contributed by atoms with Crippen LogP contribution in [0.25, 0.3) is 0 Å². The molecule has 208 valence electrons. The second kappa shape index (κ2) is 13.3. The van der Waals surface area contributed by atoms with Crippen molar-refractivity contribution in [2.24, 2.45) is 0 Å². The number of benzene rings is 3. The van der Waals surface area contributed by atoms with Crippen LogP contribution in [0.4, 0.5) is 5.69 Å². The number of carbonyl (C=O) groups excluding carboxylic acids is 2. The van der Waals surface area contributed by atoms with Crippen LogP contribution in [-0.2, 0) is 26.2 Å². The average molecular weight is 591 g/mol. The van der Waals surface area contributed by atoms with Crippen molar-refractivity contribution in [1.82, 2.24) is 10.2 Å². The van der Waals surface area contributed by atoms with Crippen LogP contribution < -0.4 is 9.62 Å². The smallest absolute Gasteiger partial charge is 0.264 e. The van der Waals surface area contributed by atoms with Crippen LogP contribution in [-0.4, -0.2) is 44.3 Å². The van der Waals surface area contributed by atoms with Gasteiger partial charge in [0.15, 0.2) is 0 Å². The molecule has 1 unspecified atom stereocenters. The zero-order valence-electron chi connectivity index (χ0n) is 22.4. The maximum Gasteiger partial charge on any atom is 0.264 e. The predicted octanol–water partition coefficient (Wildman–Crippen LogP) is 5.87. The fourth-order valence-corrected chi connectivity index (χ4v) is 5.77. The molecular weight excluding hydrogens is 557 g/mol. The predicted molar refractivity (Wildman–Crippen MR) is 157 cm³/mol. The van der Waals surface area contributed by atoms with Crippen LogP contribution in [0.5, 0.6) is 0 Å². The molecule has 3 aromatic rings. The lowest BCUT2D eigenvalue weighted by Gasteiger charge is -2.32. The molecule has 0 aliphatic heterocycles. The van der Waals surface area contributed by atoms with E-state index >= 15 is 0 Å². The summed E-state index contributed by atoms with van der Waals surface area (Å²) in [5, 5.41) is 3.40. The summed E-state index contributed by atoms with van der Waals surface area (Å²) in [7, 11) is -4.11. The van der Waals surface area contributed by atoms with Crippen LogP contribution in [0.1, 0.15) is 44.7 Å². The maximum atomic E-state index is 13.9. The van der Waals surface area contributed by atoms with Gasteiger partial charge >= 0.3 is 0 Å². The van der Waals surface area contributed by atoms with Gasteiger partial charge in [0, 0.05) is 13.1 Å². The van der Waals surface area contributed by atoms with Gasteiger partial charge in [-0.25, -0.2) is 8.42 Å². The normalized spacial score (nSPS) is 12.2. The minimum atomic E-state index is -4.11. The molecule has 0 aliphatic carbocycles. The number of nitrogens with one attached hydrogen (secondary N) is 1. The lowest BCUT2D eigenvalue weighted by atomic mass is 10.0. The molecule has 0 bridgehead atoms. The number of hydrogen-bond donors (Lipinski definition) is 1. The molecular formula is C29H33Cl2N3O4S. The fraction of sp³-hybridized carbons (Fsp3) is 0.310. The molecule has 0 radical (unpaired) electrons. The van der Waals surface area contributed by atoms with E-state index in [0.29, 0.717) is 27.8 Å². The summed E-state index contributed by atoms with van der Waals surface area (Å²) >= 11 is 12.3. The Hall–Kier alpha value is -3.07. The molecule has 7 nitrogen and oxygen atoms in total. The van der Waals surface area contributed by atoms with Crippen molar-refractivity contribution in [3.8, 4) is 0 Å². The highest BCUT2D eigenvalue weighted by Gasteiger charge is 2.32. The highest BCUT2D eigenvalue weighted by atomic mass is 35.5. The Morgan fingerprint density at radius 3 is 2.10 bits per heavy atom. The topological polar surface area (TPSA) is 86.8 Å². The Labute approximate surface area is 240 Å². The Morgan fingerprint density at radius 2 is 1.54 bits per heavy atom. The maximum absolute atomic E-state index is 13.9. The van der Waals surface area contributed by atoms with Gasteiger partial charge in [0.05, 0.1) is 20.6 Å². The summed E-state index contributed by atoms with van der Waals surface area (Å²) in [4.78, 5) is 28.1. The summed E-state index contributed by atoms with van der Waals surface area (Å²) in [6.07, 6.45) is 0. The third-order valence-electron chi connectivity index (χ3n) is 6.31. The van der Waals surface area contributed by atoms with Gasteiger partial charge in [0.2, 0.25) is 11.8 Å². The van der Waals surface area contributed by atoms with Gasteiger partial charge in [-0.3, -0.25) is 13.9 Å². The number of halogens is 2. The molecule has 3 rings (SSSR count). The van der Waals surface area contributed by atoms with E-state index in [9.17, 15) is 18.0 Å². The monoisotopic (exact) mass is 589 g/mol. The molecule has 0 saturated heterocycles. The molecule has 0 spiro atoms. The number of nitrogens with zero attached hydrogens (tertiary/aromatic N) is 2. The van der Waals surface area contributed by atoms with E-state index in [0.717, 1.165) is 9.87 Å². The van der Waals surface area contributed by atoms with Gasteiger partial charge < -0.3 is 10.2 Å². The van der Waals surface area contributed by atoms with E-state index in [1.54, 1.807) is 62.4 Å². The first-order chi connectivity index (χ1) is 18.4. The largest absolute Gasteiger partial charge is 0.355 e. The van der Waals surface area contributed by atoms with E-state index in [-0.39, 0.29) is 23.3 Å². The zero-order chi connectivity index (χ0) is 28.7. The first-order valence-electron chi connectivity index (χ1n) is 12.6. The van der Waals surface area contributed by atoms with Gasteiger partial charge in [-0.15, -0.1) is 0 Å². The lowest BCUT2D eigenvalue weighted by molar-refractivity contribution is -0.139.